The number of rotatable bonds is 1. The van der Waals surface area contributed by atoms with Crippen LogP contribution in [0.4, 0.5) is 0 Å². The predicted molar refractivity (Wildman–Crippen MR) is 78.5 cm³/mol. The highest BCUT2D eigenvalue weighted by Crippen LogP contribution is 2.24. The maximum Gasteiger partial charge on any atom is 0.155 e. The van der Waals surface area contributed by atoms with Crippen LogP contribution < -0.4 is 0 Å². The van der Waals surface area contributed by atoms with Gasteiger partial charge in [-0.25, -0.2) is 4.98 Å². The fourth-order valence-electron chi connectivity index (χ4n) is 2.44. The Kier molecular flexibility index (Phi) is 2.29. The third-order valence-corrected chi connectivity index (χ3v) is 3.44. The quantitative estimate of drug-likeness (QED) is 0.527. The van der Waals surface area contributed by atoms with Gasteiger partial charge in [-0.3, -0.25) is 14.4 Å². The summed E-state index contributed by atoms with van der Waals surface area (Å²) in [6.45, 7) is 2.00. The number of hydrogen-bond acceptors (Lipinski definition) is 3. The third kappa shape index (κ3) is 1.66. The maximum absolute atomic E-state index is 4.53. The Balaban J connectivity index is 1.96. The van der Waals surface area contributed by atoms with E-state index in [2.05, 4.69) is 39.2 Å². The lowest BCUT2D eigenvalue weighted by molar-refractivity contribution is 1.13. The lowest BCUT2D eigenvalue weighted by Crippen LogP contribution is -1.89. The summed E-state index contributed by atoms with van der Waals surface area (Å²) in [5.74, 6) is 0. The molecule has 20 heavy (non-hydrogen) atoms. The summed E-state index contributed by atoms with van der Waals surface area (Å²) in [6, 6.07) is 10.4. The van der Waals surface area contributed by atoms with E-state index in [-0.39, 0.29) is 0 Å². The van der Waals surface area contributed by atoms with Crippen molar-refractivity contribution in [3.8, 4) is 11.3 Å². The molecular weight excluding hydrogens is 248 g/mol. The van der Waals surface area contributed by atoms with E-state index in [9.17, 15) is 0 Å². The van der Waals surface area contributed by atoms with Crippen LogP contribution in [0.25, 0.3) is 27.8 Å². The molecular formula is C16H12N4. The van der Waals surface area contributed by atoms with Gasteiger partial charge in [-0.05, 0) is 25.1 Å². The van der Waals surface area contributed by atoms with Crippen molar-refractivity contribution in [3.05, 3.63) is 60.8 Å². The predicted octanol–water partition coefficient (Wildman–Crippen LogP) is 3.25. The van der Waals surface area contributed by atoms with E-state index in [4.69, 9.17) is 0 Å². The highest BCUT2D eigenvalue weighted by Gasteiger charge is 2.06. The molecule has 0 saturated heterocycles. The van der Waals surface area contributed by atoms with Crippen molar-refractivity contribution < 1.29 is 0 Å². The summed E-state index contributed by atoms with van der Waals surface area (Å²) < 4.78 is 2.04. The zero-order valence-corrected chi connectivity index (χ0v) is 11.0. The minimum absolute atomic E-state index is 0.852. The monoisotopic (exact) mass is 260 g/mol. The van der Waals surface area contributed by atoms with Crippen LogP contribution >= 0.6 is 0 Å². The zero-order valence-electron chi connectivity index (χ0n) is 11.0. The van der Waals surface area contributed by atoms with Crippen LogP contribution in [0.2, 0.25) is 0 Å². The highest BCUT2D eigenvalue weighted by atomic mass is 15.0. The number of fused-ring (bicyclic) bond motifs is 2. The fraction of sp³-hybridized carbons (Fsp3) is 0.0625. The first-order valence-electron chi connectivity index (χ1n) is 6.46. The van der Waals surface area contributed by atoms with Gasteiger partial charge in [-0.15, -0.1) is 0 Å². The largest absolute Gasteiger partial charge is 0.297 e. The second-order valence-electron chi connectivity index (χ2n) is 4.81. The standard InChI is InChI=1S/C16H12N4/c1-11-2-3-12-8-13(4-5-14(12)19-11)15-9-18-16-10-17-6-7-20(15)16/h2-10H,1H3. The molecule has 4 aromatic rings. The maximum atomic E-state index is 4.53. The van der Waals surface area contributed by atoms with Crippen molar-refractivity contribution in [2.45, 2.75) is 6.92 Å². The summed E-state index contributed by atoms with van der Waals surface area (Å²) in [4.78, 5) is 13.0. The molecule has 0 fully saturated rings. The van der Waals surface area contributed by atoms with Gasteiger partial charge in [0.25, 0.3) is 0 Å². The van der Waals surface area contributed by atoms with Gasteiger partial charge in [-0.2, -0.15) is 0 Å². The Bertz CT molecular complexity index is 924. The van der Waals surface area contributed by atoms with Crippen molar-refractivity contribution >= 4 is 16.6 Å². The Labute approximate surface area is 115 Å². The topological polar surface area (TPSA) is 43.1 Å². The molecule has 0 aliphatic carbocycles. The molecule has 0 N–H and O–H groups in total. The first-order chi connectivity index (χ1) is 9.81. The molecule has 1 aromatic carbocycles. The molecule has 3 heterocycles. The first kappa shape index (κ1) is 11.1. The van der Waals surface area contributed by atoms with Gasteiger partial charge in [0.15, 0.2) is 5.65 Å². The summed E-state index contributed by atoms with van der Waals surface area (Å²) in [7, 11) is 0. The molecule has 0 bridgehead atoms. The Morgan fingerprint density at radius 2 is 2.00 bits per heavy atom. The molecule has 4 nitrogen and oxygen atoms in total. The molecule has 0 amide bonds. The second-order valence-corrected chi connectivity index (χ2v) is 4.81. The summed E-state index contributed by atoms with van der Waals surface area (Å²) in [5, 5.41) is 1.14. The Morgan fingerprint density at radius 3 is 2.95 bits per heavy atom. The van der Waals surface area contributed by atoms with Crippen molar-refractivity contribution in [2.75, 3.05) is 0 Å². The van der Waals surface area contributed by atoms with Crippen molar-refractivity contribution in [2.24, 2.45) is 0 Å². The summed E-state index contributed by atoms with van der Waals surface area (Å²) in [6.07, 6.45) is 7.33. The number of pyridine rings is 1. The van der Waals surface area contributed by atoms with E-state index in [0.717, 1.165) is 33.5 Å². The van der Waals surface area contributed by atoms with Gasteiger partial charge in [0.2, 0.25) is 0 Å². The van der Waals surface area contributed by atoms with Crippen molar-refractivity contribution in [1.82, 2.24) is 19.4 Å². The molecule has 0 atom stereocenters. The number of hydrogen-bond donors (Lipinski definition) is 0. The first-order valence-corrected chi connectivity index (χ1v) is 6.46. The summed E-state index contributed by atoms with van der Waals surface area (Å²) in [5.41, 5.74) is 5.09. The average molecular weight is 260 g/mol. The smallest absolute Gasteiger partial charge is 0.155 e. The second kappa shape index (κ2) is 4.13. The lowest BCUT2D eigenvalue weighted by atomic mass is 10.1. The van der Waals surface area contributed by atoms with Crippen molar-refractivity contribution in [3.63, 3.8) is 0 Å². The molecule has 0 aliphatic heterocycles. The summed E-state index contributed by atoms with van der Waals surface area (Å²) >= 11 is 0. The normalized spacial score (nSPS) is 11.2. The van der Waals surface area contributed by atoms with E-state index >= 15 is 0 Å². The lowest BCUT2D eigenvalue weighted by Gasteiger charge is -2.04. The molecule has 96 valence electrons. The van der Waals surface area contributed by atoms with E-state index in [1.165, 1.54) is 0 Å². The van der Waals surface area contributed by atoms with Gasteiger partial charge >= 0.3 is 0 Å². The zero-order chi connectivity index (χ0) is 13.5. The Hall–Kier alpha value is -2.75. The van der Waals surface area contributed by atoms with Gasteiger partial charge in [0, 0.05) is 29.0 Å². The van der Waals surface area contributed by atoms with Crippen LogP contribution in [0.3, 0.4) is 0 Å². The third-order valence-electron chi connectivity index (χ3n) is 3.44. The molecule has 4 rings (SSSR count). The van der Waals surface area contributed by atoms with Crippen LogP contribution in [0.5, 0.6) is 0 Å². The minimum Gasteiger partial charge on any atom is -0.297 e. The highest BCUT2D eigenvalue weighted by molar-refractivity contribution is 5.84. The van der Waals surface area contributed by atoms with Crippen LogP contribution in [-0.4, -0.2) is 19.4 Å². The van der Waals surface area contributed by atoms with Crippen LogP contribution in [0, 0.1) is 6.92 Å². The Morgan fingerprint density at radius 1 is 1.05 bits per heavy atom. The number of aryl methyl sites for hydroxylation is 1. The fourth-order valence-corrected chi connectivity index (χ4v) is 2.44. The van der Waals surface area contributed by atoms with E-state index in [0.29, 0.717) is 0 Å². The molecule has 4 heteroatoms. The molecule has 3 aromatic heterocycles. The molecule has 0 saturated carbocycles. The van der Waals surface area contributed by atoms with E-state index < -0.39 is 0 Å². The van der Waals surface area contributed by atoms with Crippen LogP contribution in [0.15, 0.2) is 55.1 Å². The number of benzene rings is 1. The number of aromatic nitrogens is 4. The van der Waals surface area contributed by atoms with Crippen LogP contribution in [-0.2, 0) is 0 Å². The molecule has 0 spiro atoms. The SMILES string of the molecule is Cc1ccc2cc(-c3cnc4cnccn34)ccc2n1. The van der Waals surface area contributed by atoms with Gasteiger partial charge in [0.05, 0.1) is 23.6 Å². The molecule has 0 unspecified atom stereocenters. The number of imidazole rings is 1. The number of nitrogens with zero attached hydrogens (tertiary/aromatic N) is 4. The van der Waals surface area contributed by atoms with E-state index in [1.807, 2.05) is 29.8 Å². The molecule has 0 aliphatic rings. The van der Waals surface area contributed by atoms with Crippen LogP contribution in [0.1, 0.15) is 5.69 Å². The van der Waals surface area contributed by atoms with Crippen molar-refractivity contribution in [1.29, 1.82) is 0 Å². The molecule has 0 radical (unpaired) electrons. The van der Waals surface area contributed by atoms with Gasteiger partial charge < -0.3 is 0 Å². The average Bonchev–Trinajstić information content (AvgIpc) is 2.91. The van der Waals surface area contributed by atoms with E-state index in [1.54, 1.807) is 12.4 Å². The minimum atomic E-state index is 0.852. The van der Waals surface area contributed by atoms with Gasteiger partial charge in [0.1, 0.15) is 0 Å². The van der Waals surface area contributed by atoms with Gasteiger partial charge in [-0.1, -0.05) is 12.1 Å².